The van der Waals surface area contributed by atoms with Crippen LogP contribution in [0.4, 0.5) is 0 Å². The van der Waals surface area contributed by atoms with Gasteiger partial charge in [-0.3, -0.25) is 0 Å². The predicted molar refractivity (Wildman–Crippen MR) is 92.1 cm³/mol. The monoisotopic (exact) mass is 306 g/mol. The molecule has 3 aromatic carbocycles. The Balaban J connectivity index is 1.91. The summed E-state index contributed by atoms with van der Waals surface area (Å²) in [6.07, 6.45) is 0. The summed E-state index contributed by atoms with van der Waals surface area (Å²) in [5.41, 5.74) is 4.35. The molecular weight excluding hydrogens is 288 g/mol. The van der Waals surface area contributed by atoms with E-state index in [4.69, 9.17) is 9.47 Å². The molecule has 0 atom stereocenters. The van der Waals surface area contributed by atoms with Gasteiger partial charge in [-0.2, -0.15) is 0 Å². The van der Waals surface area contributed by atoms with Crippen LogP contribution in [0.2, 0.25) is 0 Å². The Hall–Kier alpha value is -2.94. The van der Waals surface area contributed by atoms with Gasteiger partial charge in [0.1, 0.15) is 5.75 Å². The quantitative estimate of drug-likeness (QED) is 0.756. The highest BCUT2D eigenvalue weighted by atomic mass is 16.5. The van der Waals surface area contributed by atoms with Gasteiger partial charge in [0.25, 0.3) is 0 Å². The number of hydrogen-bond acceptors (Lipinski definition) is 3. The second kappa shape index (κ2) is 6.44. The van der Waals surface area contributed by atoms with Crippen molar-refractivity contribution in [2.75, 3.05) is 14.2 Å². The van der Waals surface area contributed by atoms with Crippen LogP contribution in [0.3, 0.4) is 0 Å². The Labute approximate surface area is 135 Å². The molecule has 0 fully saturated rings. The predicted octanol–water partition coefficient (Wildman–Crippen LogP) is 4.74. The lowest BCUT2D eigenvalue weighted by Gasteiger charge is -2.10. The SMILES string of the molecule is COc1ccc(-c2ccc(-c3ccc(O)cc3)cc2)cc1OC. The van der Waals surface area contributed by atoms with Gasteiger partial charge in [-0.05, 0) is 46.5 Å². The van der Waals surface area contributed by atoms with E-state index in [0.29, 0.717) is 5.75 Å². The number of methoxy groups -OCH3 is 2. The van der Waals surface area contributed by atoms with Crippen LogP contribution in [-0.4, -0.2) is 19.3 Å². The fourth-order valence-corrected chi connectivity index (χ4v) is 2.52. The van der Waals surface area contributed by atoms with Crippen molar-refractivity contribution in [3.05, 3.63) is 66.7 Å². The molecule has 3 rings (SSSR count). The highest BCUT2D eigenvalue weighted by Gasteiger charge is 2.06. The molecule has 0 spiro atoms. The fraction of sp³-hybridized carbons (Fsp3) is 0.100. The molecule has 0 saturated heterocycles. The first-order valence-corrected chi connectivity index (χ1v) is 7.33. The Morgan fingerprint density at radius 1 is 0.565 bits per heavy atom. The maximum Gasteiger partial charge on any atom is 0.161 e. The summed E-state index contributed by atoms with van der Waals surface area (Å²) in [5, 5.41) is 9.37. The largest absolute Gasteiger partial charge is 0.508 e. The smallest absolute Gasteiger partial charge is 0.161 e. The third kappa shape index (κ3) is 3.14. The van der Waals surface area contributed by atoms with Gasteiger partial charge in [-0.25, -0.2) is 0 Å². The zero-order chi connectivity index (χ0) is 16.2. The van der Waals surface area contributed by atoms with Crippen LogP contribution in [0.5, 0.6) is 17.2 Å². The summed E-state index contributed by atoms with van der Waals surface area (Å²) in [4.78, 5) is 0. The molecule has 1 N–H and O–H groups in total. The second-order valence-electron chi connectivity index (χ2n) is 5.19. The van der Waals surface area contributed by atoms with Crippen LogP contribution in [0.25, 0.3) is 22.3 Å². The number of phenolic OH excluding ortho intramolecular Hbond substituents is 1. The molecule has 0 aliphatic heterocycles. The van der Waals surface area contributed by atoms with Crippen molar-refractivity contribution < 1.29 is 14.6 Å². The first kappa shape index (κ1) is 15.0. The number of ether oxygens (including phenoxy) is 2. The lowest BCUT2D eigenvalue weighted by molar-refractivity contribution is 0.355. The topological polar surface area (TPSA) is 38.7 Å². The summed E-state index contributed by atoms with van der Waals surface area (Å²) in [7, 11) is 3.26. The second-order valence-corrected chi connectivity index (χ2v) is 5.19. The van der Waals surface area contributed by atoms with Crippen molar-refractivity contribution in [2.45, 2.75) is 0 Å². The molecule has 3 heteroatoms. The van der Waals surface area contributed by atoms with Gasteiger partial charge in [0.2, 0.25) is 0 Å². The molecule has 0 aliphatic carbocycles. The Morgan fingerprint density at radius 2 is 1.00 bits per heavy atom. The lowest BCUT2D eigenvalue weighted by atomic mass is 10.00. The summed E-state index contributed by atoms with van der Waals surface area (Å²) < 4.78 is 10.6. The fourth-order valence-electron chi connectivity index (χ4n) is 2.52. The number of hydrogen-bond donors (Lipinski definition) is 1. The molecule has 23 heavy (non-hydrogen) atoms. The van der Waals surface area contributed by atoms with Crippen LogP contribution in [-0.2, 0) is 0 Å². The highest BCUT2D eigenvalue weighted by molar-refractivity contribution is 5.72. The maximum atomic E-state index is 9.37. The van der Waals surface area contributed by atoms with Crippen LogP contribution < -0.4 is 9.47 Å². The van der Waals surface area contributed by atoms with Gasteiger partial charge in [-0.1, -0.05) is 42.5 Å². The van der Waals surface area contributed by atoms with E-state index < -0.39 is 0 Å². The van der Waals surface area contributed by atoms with E-state index in [9.17, 15) is 5.11 Å². The summed E-state index contributed by atoms with van der Waals surface area (Å²) >= 11 is 0. The van der Waals surface area contributed by atoms with Crippen LogP contribution in [0.1, 0.15) is 0 Å². The van der Waals surface area contributed by atoms with Crippen molar-refractivity contribution in [2.24, 2.45) is 0 Å². The van der Waals surface area contributed by atoms with Crippen molar-refractivity contribution >= 4 is 0 Å². The Kier molecular flexibility index (Phi) is 4.20. The molecule has 0 radical (unpaired) electrons. The van der Waals surface area contributed by atoms with Crippen LogP contribution >= 0.6 is 0 Å². The van der Waals surface area contributed by atoms with Crippen LogP contribution in [0.15, 0.2) is 66.7 Å². The number of rotatable bonds is 4. The first-order valence-electron chi connectivity index (χ1n) is 7.33. The summed E-state index contributed by atoms with van der Waals surface area (Å²) in [5.74, 6) is 1.71. The van der Waals surface area contributed by atoms with E-state index >= 15 is 0 Å². The van der Waals surface area contributed by atoms with Crippen molar-refractivity contribution in [3.8, 4) is 39.5 Å². The number of benzene rings is 3. The highest BCUT2D eigenvalue weighted by Crippen LogP contribution is 2.33. The minimum absolute atomic E-state index is 0.274. The standard InChI is InChI=1S/C20H18O3/c1-22-19-12-9-17(13-20(19)23-2)16-5-3-14(4-6-16)15-7-10-18(21)11-8-15/h3-13,21H,1-2H3. The van der Waals surface area contributed by atoms with Gasteiger partial charge in [0, 0.05) is 0 Å². The molecule has 0 bridgehead atoms. The van der Waals surface area contributed by atoms with E-state index in [1.54, 1.807) is 26.4 Å². The minimum Gasteiger partial charge on any atom is -0.508 e. The zero-order valence-electron chi connectivity index (χ0n) is 13.1. The molecule has 0 aliphatic rings. The molecule has 3 aromatic rings. The molecule has 0 amide bonds. The van der Waals surface area contributed by atoms with Crippen molar-refractivity contribution in [1.82, 2.24) is 0 Å². The average molecular weight is 306 g/mol. The van der Waals surface area contributed by atoms with Gasteiger partial charge in [-0.15, -0.1) is 0 Å². The van der Waals surface area contributed by atoms with Crippen molar-refractivity contribution in [3.63, 3.8) is 0 Å². The lowest BCUT2D eigenvalue weighted by Crippen LogP contribution is -1.90. The van der Waals surface area contributed by atoms with Crippen LogP contribution in [0, 0.1) is 0 Å². The van der Waals surface area contributed by atoms with Gasteiger partial charge >= 0.3 is 0 Å². The third-order valence-corrected chi connectivity index (χ3v) is 3.80. The number of phenols is 1. The zero-order valence-corrected chi connectivity index (χ0v) is 13.1. The molecule has 0 saturated carbocycles. The first-order chi connectivity index (χ1) is 11.2. The molecule has 116 valence electrons. The molecule has 0 aromatic heterocycles. The van der Waals surface area contributed by atoms with E-state index in [0.717, 1.165) is 28.0 Å². The maximum absolute atomic E-state index is 9.37. The van der Waals surface area contributed by atoms with E-state index in [1.165, 1.54) is 0 Å². The Morgan fingerprint density at radius 3 is 1.52 bits per heavy atom. The van der Waals surface area contributed by atoms with E-state index in [1.807, 2.05) is 30.3 Å². The van der Waals surface area contributed by atoms with E-state index in [-0.39, 0.29) is 5.75 Å². The minimum atomic E-state index is 0.274. The molecule has 3 nitrogen and oxygen atoms in total. The van der Waals surface area contributed by atoms with Crippen molar-refractivity contribution in [1.29, 1.82) is 0 Å². The molecule has 0 heterocycles. The average Bonchev–Trinajstić information content (AvgIpc) is 2.62. The van der Waals surface area contributed by atoms with Gasteiger partial charge in [0.05, 0.1) is 14.2 Å². The molecule has 0 unspecified atom stereocenters. The van der Waals surface area contributed by atoms with E-state index in [2.05, 4.69) is 24.3 Å². The number of aromatic hydroxyl groups is 1. The van der Waals surface area contributed by atoms with Gasteiger partial charge < -0.3 is 14.6 Å². The normalized spacial score (nSPS) is 10.3. The third-order valence-electron chi connectivity index (χ3n) is 3.80. The summed E-state index contributed by atoms with van der Waals surface area (Å²) in [6, 6.07) is 21.4. The molecular formula is C20H18O3. The van der Waals surface area contributed by atoms with Gasteiger partial charge in [0.15, 0.2) is 11.5 Å². The Bertz CT molecular complexity index is 790. The summed E-state index contributed by atoms with van der Waals surface area (Å²) in [6.45, 7) is 0.